The van der Waals surface area contributed by atoms with Crippen molar-refractivity contribution in [1.29, 1.82) is 0 Å². The molecule has 0 aromatic carbocycles. The van der Waals surface area contributed by atoms with E-state index in [9.17, 15) is 0 Å². The van der Waals surface area contributed by atoms with Gasteiger partial charge in [-0.25, -0.2) is 10.4 Å². The molecule has 82 valence electrons. The molecule has 4 nitrogen and oxygen atoms in total. The number of hydrogen-bond acceptors (Lipinski definition) is 4. The van der Waals surface area contributed by atoms with Crippen LogP contribution in [0.4, 0.5) is 0 Å². The van der Waals surface area contributed by atoms with Crippen molar-refractivity contribution in [2.24, 2.45) is 0 Å². The molecule has 0 saturated carbocycles. The van der Waals surface area contributed by atoms with Crippen LogP contribution in [0.15, 0.2) is 12.5 Å². The van der Waals surface area contributed by atoms with E-state index in [0.717, 1.165) is 17.3 Å². The molecule has 1 atom stereocenters. The van der Waals surface area contributed by atoms with E-state index in [0.29, 0.717) is 0 Å². The van der Waals surface area contributed by atoms with E-state index < -0.39 is 0 Å². The zero-order valence-corrected chi connectivity index (χ0v) is 10.4. The molecule has 0 spiro atoms. The highest BCUT2D eigenvalue weighted by molar-refractivity contribution is 8.22. The minimum atomic E-state index is 0.221. The van der Waals surface area contributed by atoms with Crippen LogP contribution in [0.1, 0.15) is 25.2 Å². The standard InChI is InChI=1S/C9H14N4S2/c1-3-4-12-6-10-5-7(12)8-11-13(8)9(14)15-2/h5-6,8,11H,3-4H2,1-2H3. The monoisotopic (exact) mass is 242 g/mol. The number of nitrogens with one attached hydrogen (secondary N) is 1. The number of rotatable bonds is 3. The van der Waals surface area contributed by atoms with Crippen molar-refractivity contribution in [2.75, 3.05) is 6.26 Å². The first-order chi connectivity index (χ1) is 7.27. The molecule has 1 aromatic heterocycles. The van der Waals surface area contributed by atoms with Gasteiger partial charge in [-0.3, -0.25) is 5.01 Å². The predicted octanol–water partition coefficient (Wildman–Crippen LogP) is 1.76. The maximum Gasteiger partial charge on any atom is 0.155 e. The highest BCUT2D eigenvalue weighted by Crippen LogP contribution is 2.30. The third kappa shape index (κ3) is 2.16. The van der Waals surface area contributed by atoms with Crippen LogP contribution >= 0.6 is 24.0 Å². The summed E-state index contributed by atoms with van der Waals surface area (Å²) in [5.41, 5.74) is 4.42. The van der Waals surface area contributed by atoms with Crippen LogP contribution in [-0.2, 0) is 6.54 Å². The van der Waals surface area contributed by atoms with Crippen LogP contribution in [-0.4, -0.2) is 25.1 Å². The first kappa shape index (κ1) is 10.9. The largest absolute Gasteiger partial charge is 0.332 e. The third-order valence-corrected chi connectivity index (χ3v) is 3.55. The fraction of sp³-hybridized carbons (Fsp3) is 0.556. The number of aromatic nitrogens is 2. The van der Waals surface area contributed by atoms with Crippen molar-refractivity contribution >= 4 is 28.3 Å². The van der Waals surface area contributed by atoms with E-state index in [1.807, 2.05) is 23.8 Å². The zero-order valence-electron chi connectivity index (χ0n) is 8.80. The Kier molecular flexibility index (Phi) is 3.28. The molecule has 1 aliphatic rings. The Bertz CT molecular complexity index is 363. The van der Waals surface area contributed by atoms with Crippen LogP contribution in [0.2, 0.25) is 0 Å². The van der Waals surface area contributed by atoms with Gasteiger partial charge in [0.25, 0.3) is 0 Å². The summed E-state index contributed by atoms with van der Waals surface area (Å²) in [5, 5.41) is 1.99. The lowest BCUT2D eigenvalue weighted by molar-refractivity contribution is 0.626. The van der Waals surface area contributed by atoms with E-state index in [1.165, 1.54) is 5.69 Å². The normalized spacial score (nSPS) is 19.3. The van der Waals surface area contributed by atoms with Gasteiger partial charge >= 0.3 is 0 Å². The fourth-order valence-corrected chi connectivity index (χ4v) is 2.05. The average molecular weight is 242 g/mol. The summed E-state index contributed by atoms with van der Waals surface area (Å²) in [6, 6.07) is 0. The Hall–Kier alpha value is -0.590. The van der Waals surface area contributed by atoms with E-state index in [2.05, 4.69) is 21.9 Å². The van der Waals surface area contributed by atoms with Gasteiger partial charge in [0.1, 0.15) is 0 Å². The molecule has 6 heteroatoms. The maximum atomic E-state index is 5.20. The molecule has 2 rings (SSSR count). The topological polar surface area (TPSA) is 42.8 Å². The molecule has 1 aliphatic heterocycles. The zero-order chi connectivity index (χ0) is 10.8. The summed E-state index contributed by atoms with van der Waals surface area (Å²) in [4.78, 5) is 4.17. The minimum absolute atomic E-state index is 0.221. The molecule has 1 saturated heterocycles. The summed E-state index contributed by atoms with van der Waals surface area (Å²) in [6.45, 7) is 3.17. The number of aryl methyl sites for hydroxylation is 1. The van der Waals surface area contributed by atoms with Crippen molar-refractivity contribution in [3.63, 3.8) is 0 Å². The first-order valence-corrected chi connectivity index (χ1v) is 6.54. The Balaban J connectivity index is 2.06. The van der Waals surface area contributed by atoms with Gasteiger partial charge in [0.05, 0.1) is 18.2 Å². The van der Waals surface area contributed by atoms with E-state index in [4.69, 9.17) is 12.2 Å². The summed E-state index contributed by atoms with van der Waals surface area (Å²) in [7, 11) is 0. The van der Waals surface area contributed by atoms with Gasteiger partial charge in [-0.15, -0.1) is 0 Å². The van der Waals surface area contributed by atoms with Gasteiger partial charge in [-0.05, 0) is 12.7 Å². The Labute approximate surface area is 99.0 Å². The Morgan fingerprint density at radius 1 is 1.73 bits per heavy atom. The Morgan fingerprint density at radius 2 is 2.53 bits per heavy atom. The fourth-order valence-electron chi connectivity index (χ4n) is 1.54. The van der Waals surface area contributed by atoms with Gasteiger partial charge in [-0.2, -0.15) is 0 Å². The van der Waals surface area contributed by atoms with E-state index in [1.54, 1.807) is 11.8 Å². The SMILES string of the molecule is CCCn1cncc1C1NN1C(=S)SC. The van der Waals surface area contributed by atoms with Crippen molar-refractivity contribution in [3.8, 4) is 0 Å². The van der Waals surface area contributed by atoms with Crippen LogP contribution in [0.25, 0.3) is 0 Å². The van der Waals surface area contributed by atoms with Gasteiger partial charge in [0.2, 0.25) is 0 Å². The van der Waals surface area contributed by atoms with Gasteiger partial charge in [0, 0.05) is 6.54 Å². The lowest BCUT2D eigenvalue weighted by atomic mass is 10.4. The maximum absolute atomic E-state index is 5.20. The van der Waals surface area contributed by atoms with Crippen LogP contribution in [0, 0.1) is 0 Å². The van der Waals surface area contributed by atoms with Gasteiger partial charge in [0.15, 0.2) is 10.5 Å². The van der Waals surface area contributed by atoms with Gasteiger partial charge < -0.3 is 4.57 Å². The average Bonchev–Trinajstić information content (AvgIpc) is 2.91. The molecule has 0 amide bonds. The van der Waals surface area contributed by atoms with Crippen molar-refractivity contribution < 1.29 is 0 Å². The second-order valence-corrected chi connectivity index (χ2v) is 4.82. The molecule has 0 aliphatic carbocycles. The summed E-state index contributed by atoms with van der Waals surface area (Å²) < 4.78 is 3.05. The summed E-state index contributed by atoms with van der Waals surface area (Å²) >= 11 is 6.78. The molecular formula is C9H14N4S2. The minimum Gasteiger partial charge on any atom is -0.332 e. The smallest absolute Gasteiger partial charge is 0.155 e. The second-order valence-electron chi connectivity index (χ2n) is 3.38. The lowest BCUT2D eigenvalue weighted by Crippen LogP contribution is -2.07. The quantitative estimate of drug-likeness (QED) is 0.646. The predicted molar refractivity (Wildman–Crippen MR) is 66.3 cm³/mol. The van der Waals surface area contributed by atoms with Crippen LogP contribution < -0.4 is 5.43 Å². The molecule has 1 unspecified atom stereocenters. The molecule has 15 heavy (non-hydrogen) atoms. The first-order valence-electron chi connectivity index (χ1n) is 4.91. The van der Waals surface area contributed by atoms with Crippen LogP contribution in [0.3, 0.4) is 0 Å². The molecule has 1 aromatic rings. The molecule has 1 N–H and O–H groups in total. The van der Waals surface area contributed by atoms with Gasteiger partial charge in [-0.1, -0.05) is 30.9 Å². The van der Waals surface area contributed by atoms with Crippen LogP contribution in [0.5, 0.6) is 0 Å². The number of hydrogen-bond donors (Lipinski definition) is 1. The molecule has 1 fully saturated rings. The third-order valence-electron chi connectivity index (χ3n) is 2.31. The lowest BCUT2D eigenvalue weighted by Gasteiger charge is -2.05. The van der Waals surface area contributed by atoms with Crippen molar-refractivity contribution in [2.45, 2.75) is 26.1 Å². The second kappa shape index (κ2) is 4.51. The molecule has 2 heterocycles. The molecule has 0 bridgehead atoms. The summed E-state index contributed by atoms with van der Waals surface area (Å²) in [5.74, 6) is 0. The number of thioether (sulfide) groups is 1. The van der Waals surface area contributed by atoms with E-state index in [-0.39, 0.29) is 6.17 Å². The molecular weight excluding hydrogens is 228 g/mol. The van der Waals surface area contributed by atoms with Crippen molar-refractivity contribution in [1.82, 2.24) is 20.0 Å². The highest BCUT2D eigenvalue weighted by Gasteiger charge is 2.38. The summed E-state index contributed by atoms with van der Waals surface area (Å²) in [6.07, 6.45) is 7.10. The number of imidazole rings is 1. The van der Waals surface area contributed by atoms with E-state index >= 15 is 0 Å². The number of thiocarbonyl (C=S) groups is 1. The Morgan fingerprint density at radius 3 is 3.20 bits per heavy atom. The number of hydrazine groups is 1. The number of nitrogens with zero attached hydrogens (tertiary/aromatic N) is 3. The van der Waals surface area contributed by atoms with Crippen molar-refractivity contribution in [3.05, 3.63) is 18.2 Å². The highest BCUT2D eigenvalue weighted by atomic mass is 32.2. The molecule has 0 radical (unpaired) electrons.